The van der Waals surface area contributed by atoms with Gasteiger partial charge >= 0.3 is 0 Å². The summed E-state index contributed by atoms with van der Waals surface area (Å²) in [5.74, 6) is -0.578. The van der Waals surface area contributed by atoms with Crippen LogP contribution in [0.25, 0.3) is 0 Å². The van der Waals surface area contributed by atoms with Gasteiger partial charge in [0.05, 0.1) is 24.0 Å². The normalized spacial score (nSPS) is 10.9. The van der Waals surface area contributed by atoms with E-state index in [1.54, 1.807) is 0 Å². The summed E-state index contributed by atoms with van der Waals surface area (Å²) >= 11 is 24.2. The summed E-state index contributed by atoms with van der Waals surface area (Å²) in [7, 11) is 0. The minimum Gasteiger partial charge on any atom is -0.506 e. The number of rotatable bonds is 2. The molecule has 112 valence electrons. The third-order valence-electron chi connectivity index (χ3n) is 2.87. The zero-order valence-electron chi connectivity index (χ0n) is 10.1. The van der Waals surface area contributed by atoms with Crippen LogP contribution in [0.2, 0.25) is 15.1 Å². The summed E-state index contributed by atoms with van der Waals surface area (Å²) in [6.07, 6.45) is -0.0549. The molecular formula is C13H7Br2Cl3O3. The molecule has 0 fully saturated rings. The highest BCUT2D eigenvalue weighted by atomic mass is 79.9. The number of aromatic hydroxyl groups is 3. The predicted molar refractivity (Wildman–Crippen MR) is 91.1 cm³/mol. The van der Waals surface area contributed by atoms with Gasteiger partial charge in [-0.05, 0) is 44.0 Å². The SMILES string of the molecule is Oc1c(Br)cc(Br)c(O)c1Cc1c(O)c(Cl)cc(Cl)c1Cl. The first kappa shape index (κ1) is 17.0. The molecule has 2 rings (SSSR count). The minimum atomic E-state index is -0.249. The van der Waals surface area contributed by atoms with Crippen molar-refractivity contribution >= 4 is 66.7 Å². The molecule has 0 amide bonds. The van der Waals surface area contributed by atoms with E-state index in [1.807, 2.05) is 0 Å². The molecule has 0 aromatic heterocycles. The quantitative estimate of drug-likeness (QED) is 0.474. The Labute approximate surface area is 152 Å². The number of hydrogen-bond donors (Lipinski definition) is 3. The highest BCUT2D eigenvalue weighted by Gasteiger charge is 2.21. The van der Waals surface area contributed by atoms with Crippen molar-refractivity contribution in [2.75, 3.05) is 0 Å². The third-order valence-corrected chi connectivity index (χ3v) is 5.19. The highest BCUT2D eigenvalue weighted by molar-refractivity contribution is 9.11. The first-order valence-electron chi connectivity index (χ1n) is 5.48. The van der Waals surface area contributed by atoms with E-state index >= 15 is 0 Å². The van der Waals surface area contributed by atoms with Gasteiger partial charge < -0.3 is 15.3 Å². The molecule has 0 atom stereocenters. The monoisotopic (exact) mass is 474 g/mol. The minimum absolute atomic E-state index is 0.0347. The third kappa shape index (κ3) is 3.22. The Balaban J connectivity index is 2.64. The predicted octanol–water partition coefficient (Wildman–Crippen LogP) is 5.88. The number of hydrogen-bond acceptors (Lipinski definition) is 3. The lowest BCUT2D eigenvalue weighted by Gasteiger charge is -2.14. The first-order chi connectivity index (χ1) is 9.73. The average molecular weight is 477 g/mol. The maximum Gasteiger partial charge on any atom is 0.139 e. The lowest BCUT2D eigenvalue weighted by atomic mass is 10.0. The van der Waals surface area contributed by atoms with Crippen LogP contribution in [0, 0.1) is 0 Å². The number of benzene rings is 2. The molecule has 3 N–H and O–H groups in total. The Morgan fingerprint density at radius 1 is 0.762 bits per heavy atom. The van der Waals surface area contributed by atoms with E-state index in [-0.39, 0.29) is 49.9 Å². The highest BCUT2D eigenvalue weighted by Crippen LogP contribution is 2.45. The van der Waals surface area contributed by atoms with Crippen molar-refractivity contribution in [1.82, 2.24) is 0 Å². The Morgan fingerprint density at radius 2 is 1.29 bits per heavy atom. The van der Waals surface area contributed by atoms with Crippen LogP contribution in [-0.4, -0.2) is 15.3 Å². The number of phenols is 3. The molecule has 0 saturated heterocycles. The zero-order chi connectivity index (χ0) is 15.9. The molecule has 2 aromatic carbocycles. The van der Waals surface area contributed by atoms with Gasteiger partial charge in [0.15, 0.2) is 0 Å². The largest absolute Gasteiger partial charge is 0.506 e. The lowest BCUT2D eigenvalue weighted by molar-refractivity contribution is 0.434. The maximum atomic E-state index is 10.1. The fourth-order valence-electron chi connectivity index (χ4n) is 1.79. The van der Waals surface area contributed by atoms with E-state index in [4.69, 9.17) is 34.8 Å². The molecule has 0 unspecified atom stereocenters. The van der Waals surface area contributed by atoms with Crippen LogP contribution < -0.4 is 0 Å². The molecule has 0 radical (unpaired) electrons. The standard InChI is InChI=1S/C13H7Br2Cl3O3/c14-6-2-7(15)12(20)5(11(6)19)1-4-10(18)8(16)3-9(17)13(4)21/h2-3,19-21H,1H2. The Hall–Kier alpha value is -0.330. The lowest BCUT2D eigenvalue weighted by Crippen LogP contribution is -1.95. The molecule has 0 bridgehead atoms. The molecule has 0 aliphatic heterocycles. The molecule has 0 aliphatic carbocycles. The van der Waals surface area contributed by atoms with Crippen LogP contribution in [0.4, 0.5) is 0 Å². The summed E-state index contributed by atoms with van der Waals surface area (Å²) in [5, 5.41) is 30.5. The van der Waals surface area contributed by atoms with Crippen molar-refractivity contribution in [2.45, 2.75) is 6.42 Å². The molecule has 0 aliphatic rings. The van der Waals surface area contributed by atoms with Crippen LogP contribution in [0.5, 0.6) is 17.2 Å². The summed E-state index contributed by atoms with van der Waals surface area (Å²) in [4.78, 5) is 0. The van der Waals surface area contributed by atoms with E-state index in [1.165, 1.54) is 12.1 Å². The van der Waals surface area contributed by atoms with E-state index in [0.29, 0.717) is 8.95 Å². The summed E-state index contributed by atoms with van der Waals surface area (Å²) in [6.45, 7) is 0. The second-order valence-corrected chi connectivity index (χ2v) is 7.08. The summed E-state index contributed by atoms with van der Waals surface area (Å²) in [6, 6.07) is 2.82. The smallest absolute Gasteiger partial charge is 0.139 e. The molecule has 2 aromatic rings. The van der Waals surface area contributed by atoms with Gasteiger partial charge in [0.25, 0.3) is 0 Å². The summed E-state index contributed by atoms with van der Waals surface area (Å²) < 4.78 is 0.761. The van der Waals surface area contributed by atoms with Crippen molar-refractivity contribution in [1.29, 1.82) is 0 Å². The molecule has 0 spiro atoms. The first-order valence-corrected chi connectivity index (χ1v) is 8.20. The van der Waals surface area contributed by atoms with Crippen LogP contribution in [0.1, 0.15) is 11.1 Å². The average Bonchev–Trinajstić information content (AvgIpc) is 2.42. The van der Waals surface area contributed by atoms with Gasteiger partial charge in [-0.15, -0.1) is 0 Å². The molecular weight excluding hydrogens is 470 g/mol. The van der Waals surface area contributed by atoms with Crippen LogP contribution in [-0.2, 0) is 6.42 Å². The van der Waals surface area contributed by atoms with Crippen LogP contribution >= 0.6 is 66.7 Å². The number of halogens is 5. The molecule has 21 heavy (non-hydrogen) atoms. The van der Waals surface area contributed by atoms with Crippen molar-refractivity contribution in [2.24, 2.45) is 0 Å². The topological polar surface area (TPSA) is 60.7 Å². The maximum absolute atomic E-state index is 10.1. The van der Waals surface area contributed by atoms with Gasteiger partial charge in [-0.3, -0.25) is 0 Å². The van der Waals surface area contributed by atoms with Crippen molar-refractivity contribution in [3.05, 3.63) is 47.3 Å². The Bertz CT molecular complexity index is 622. The van der Waals surface area contributed by atoms with Crippen molar-refractivity contribution < 1.29 is 15.3 Å². The molecule has 8 heteroatoms. The van der Waals surface area contributed by atoms with Crippen molar-refractivity contribution in [3.8, 4) is 17.2 Å². The fourth-order valence-corrected chi connectivity index (χ4v) is 3.75. The zero-order valence-corrected chi connectivity index (χ0v) is 15.5. The van der Waals surface area contributed by atoms with E-state index in [0.717, 1.165) is 0 Å². The van der Waals surface area contributed by atoms with E-state index in [2.05, 4.69) is 31.9 Å². The van der Waals surface area contributed by atoms with Gasteiger partial charge in [0.1, 0.15) is 17.2 Å². The van der Waals surface area contributed by atoms with E-state index in [9.17, 15) is 15.3 Å². The fraction of sp³-hybridized carbons (Fsp3) is 0.0769. The Morgan fingerprint density at radius 3 is 1.81 bits per heavy atom. The van der Waals surface area contributed by atoms with Gasteiger partial charge in [0, 0.05) is 17.5 Å². The van der Waals surface area contributed by atoms with E-state index < -0.39 is 0 Å². The number of phenolic OH excluding ortho intramolecular Hbond substituents is 3. The van der Waals surface area contributed by atoms with Gasteiger partial charge in [0.2, 0.25) is 0 Å². The molecule has 0 heterocycles. The van der Waals surface area contributed by atoms with Crippen LogP contribution in [0.15, 0.2) is 21.1 Å². The summed E-state index contributed by atoms with van der Waals surface area (Å²) in [5.41, 5.74) is 0.386. The van der Waals surface area contributed by atoms with Crippen LogP contribution in [0.3, 0.4) is 0 Å². The van der Waals surface area contributed by atoms with Gasteiger partial charge in [-0.1, -0.05) is 34.8 Å². The second kappa shape index (κ2) is 6.42. The molecule has 0 saturated carbocycles. The van der Waals surface area contributed by atoms with Gasteiger partial charge in [-0.25, -0.2) is 0 Å². The molecule has 3 nitrogen and oxygen atoms in total. The van der Waals surface area contributed by atoms with Crippen molar-refractivity contribution in [3.63, 3.8) is 0 Å². The van der Waals surface area contributed by atoms with Gasteiger partial charge in [-0.2, -0.15) is 0 Å². The Kier molecular flexibility index (Phi) is 5.21. The second-order valence-electron chi connectivity index (χ2n) is 4.17.